The van der Waals surface area contributed by atoms with Crippen molar-refractivity contribution in [2.45, 2.75) is 5.16 Å². The number of ether oxygens (including phenoxy) is 2. The molecular weight excluding hydrogens is 500 g/mol. The lowest BCUT2D eigenvalue weighted by molar-refractivity contribution is -0.118. The van der Waals surface area contributed by atoms with Crippen LogP contribution in [0.4, 0.5) is 0 Å². The van der Waals surface area contributed by atoms with Gasteiger partial charge < -0.3 is 9.47 Å². The molecule has 0 atom stereocenters. The SMILES string of the molecule is COc1ccc(-n2c(SCC(=O)N/N=C\c3c(OC)ccc4ccccc34)nc3ccccc3c2=O)cc1. The first-order valence-electron chi connectivity index (χ1n) is 11.8. The van der Waals surface area contributed by atoms with E-state index in [9.17, 15) is 9.59 Å². The van der Waals surface area contributed by atoms with Crippen LogP contribution in [-0.4, -0.2) is 41.6 Å². The predicted octanol–water partition coefficient (Wildman–Crippen LogP) is 4.80. The number of carbonyl (C=O) groups excluding carboxylic acids is 1. The van der Waals surface area contributed by atoms with Crippen LogP contribution >= 0.6 is 11.8 Å². The third kappa shape index (κ3) is 5.09. The molecule has 0 radical (unpaired) electrons. The molecule has 38 heavy (non-hydrogen) atoms. The van der Waals surface area contributed by atoms with Crippen molar-refractivity contribution >= 4 is 45.6 Å². The molecule has 0 fully saturated rings. The molecule has 0 aliphatic carbocycles. The fourth-order valence-corrected chi connectivity index (χ4v) is 4.89. The van der Waals surface area contributed by atoms with Crippen LogP contribution in [0.15, 0.2) is 100.0 Å². The summed E-state index contributed by atoms with van der Waals surface area (Å²) in [5.74, 6) is 0.990. The van der Waals surface area contributed by atoms with Gasteiger partial charge in [0.1, 0.15) is 11.5 Å². The van der Waals surface area contributed by atoms with Crippen LogP contribution in [0.3, 0.4) is 0 Å². The first-order valence-corrected chi connectivity index (χ1v) is 12.7. The third-order valence-electron chi connectivity index (χ3n) is 5.94. The topological polar surface area (TPSA) is 94.8 Å². The van der Waals surface area contributed by atoms with Crippen molar-refractivity contribution in [2.24, 2.45) is 5.10 Å². The van der Waals surface area contributed by atoms with Crippen molar-refractivity contribution in [1.29, 1.82) is 0 Å². The second kappa shape index (κ2) is 11.2. The van der Waals surface area contributed by atoms with Crippen LogP contribution in [0.1, 0.15) is 5.56 Å². The molecule has 5 aromatic rings. The Morgan fingerprint density at radius 3 is 2.45 bits per heavy atom. The molecule has 1 amide bonds. The number of rotatable bonds is 8. The van der Waals surface area contributed by atoms with Gasteiger partial charge in [0.25, 0.3) is 11.5 Å². The van der Waals surface area contributed by atoms with E-state index in [0.29, 0.717) is 33.2 Å². The average Bonchev–Trinajstić information content (AvgIpc) is 2.96. The van der Waals surface area contributed by atoms with Crippen LogP contribution in [0.25, 0.3) is 27.4 Å². The number of hydrogen-bond acceptors (Lipinski definition) is 7. The van der Waals surface area contributed by atoms with E-state index >= 15 is 0 Å². The number of benzene rings is 4. The first-order chi connectivity index (χ1) is 18.6. The molecule has 0 aliphatic rings. The summed E-state index contributed by atoms with van der Waals surface area (Å²) in [6, 6.07) is 26.0. The molecule has 9 heteroatoms. The van der Waals surface area contributed by atoms with Gasteiger partial charge in [0, 0.05) is 5.56 Å². The number of fused-ring (bicyclic) bond motifs is 2. The van der Waals surface area contributed by atoms with Crippen molar-refractivity contribution < 1.29 is 14.3 Å². The molecule has 5 rings (SSSR count). The number of nitrogens with one attached hydrogen (secondary N) is 1. The Labute approximate surface area is 222 Å². The summed E-state index contributed by atoms with van der Waals surface area (Å²) in [7, 11) is 3.17. The largest absolute Gasteiger partial charge is 0.497 e. The number of para-hydroxylation sites is 1. The minimum atomic E-state index is -0.339. The highest BCUT2D eigenvalue weighted by atomic mass is 32.2. The summed E-state index contributed by atoms with van der Waals surface area (Å²) in [6.45, 7) is 0. The molecule has 0 saturated carbocycles. The summed E-state index contributed by atoms with van der Waals surface area (Å²) >= 11 is 1.16. The molecule has 0 spiro atoms. The van der Waals surface area contributed by atoms with Gasteiger partial charge >= 0.3 is 0 Å². The van der Waals surface area contributed by atoms with Crippen LogP contribution in [0.2, 0.25) is 0 Å². The van der Waals surface area contributed by atoms with E-state index in [2.05, 4.69) is 15.5 Å². The second-order valence-electron chi connectivity index (χ2n) is 8.23. The zero-order valence-corrected chi connectivity index (χ0v) is 21.6. The Hall–Kier alpha value is -4.63. The average molecular weight is 525 g/mol. The maximum atomic E-state index is 13.4. The molecular formula is C29H24N4O4S. The maximum absolute atomic E-state index is 13.4. The fourth-order valence-electron chi connectivity index (χ4n) is 4.09. The van der Waals surface area contributed by atoms with Gasteiger partial charge in [-0.15, -0.1) is 0 Å². The van der Waals surface area contributed by atoms with E-state index in [1.54, 1.807) is 62.9 Å². The number of carbonyl (C=O) groups is 1. The lowest BCUT2D eigenvalue weighted by Gasteiger charge is -2.13. The Balaban J connectivity index is 1.38. The van der Waals surface area contributed by atoms with Gasteiger partial charge in [0.05, 0.1) is 42.8 Å². The molecule has 1 aromatic heterocycles. The number of nitrogens with zero attached hydrogens (tertiary/aromatic N) is 3. The van der Waals surface area contributed by atoms with E-state index in [-0.39, 0.29) is 17.2 Å². The summed E-state index contributed by atoms with van der Waals surface area (Å²) in [4.78, 5) is 30.8. The number of hydrazone groups is 1. The van der Waals surface area contributed by atoms with E-state index in [1.807, 2.05) is 42.5 Å². The van der Waals surface area contributed by atoms with Crippen LogP contribution in [0.5, 0.6) is 11.5 Å². The second-order valence-corrected chi connectivity index (χ2v) is 9.18. The van der Waals surface area contributed by atoms with Gasteiger partial charge in [-0.1, -0.05) is 54.2 Å². The van der Waals surface area contributed by atoms with E-state index in [1.165, 1.54) is 4.57 Å². The van der Waals surface area contributed by atoms with Crippen molar-refractivity contribution in [1.82, 2.24) is 15.0 Å². The van der Waals surface area contributed by atoms with Crippen LogP contribution in [-0.2, 0) is 4.79 Å². The summed E-state index contributed by atoms with van der Waals surface area (Å²) in [5.41, 5.74) is 4.30. The van der Waals surface area contributed by atoms with E-state index in [4.69, 9.17) is 9.47 Å². The third-order valence-corrected chi connectivity index (χ3v) is 6.88. The van der Waals surface area contributed by atoms with E-state index < -0.39 is 0 Å². The summed E-state index contributed by atoms with van der Waals surface area (Å²) < 4.78 is 12.2. The monoisotopic (exact) mass is 524 g/mol. The normalized spacial score (nSPS) is 11.2. The minimum absolute atomic E-state index is 0.00491. The van der Waals surface area contributed by atoms with E-state index in [0.717, 1.165) is 28.1 Å². The maximum Gasteiger partial charge on any atom is 0.266 e. The highest BCUT2D eigenvalue weighted by Gasteiger charge is 2.15. The Kier molecular flexibility index (Phi) is 7.37. The Morgan fingerprint density at radius 2 is 1.68 bits per heavy atom. The van der Waals surface area contributed by atoms with Crippen molar-refractivity contribution in [2.75, 3.05) is 20.0 Å². The number of aromatic nitrogens is 2. The first kappa shape index (κ1) is 25.0. The van der Waals surface area contributed by atoms with Gasteiger partial charge in [-0.25, -0.2) is 10.4 Å². The van der Waals surface area contributed by atoms with Gasteiger partial charge in [-0.05, 0) is 53.2 Å². The van der Waals surface area contributed by atoms with Gasteiger partial charge in [-0.2, -0.15) is 5.10 Å². The summed E-state index contributed by atoms with van der Waals surface area (Å²) in [5, 5.41) is 7.05. The molecule has 8 nitrogen and oxygen atoms in total. The number of methoxy groups -OCH3 is 2. The quantitative estimate of drug-likeness (QED) is 0.136. The Bertz CT molecular complexity index is 1710. The molecule has 0 aliphatic heterocycles. The van der Waals surface area contributed by atoms with Gasteiger partial charge in [-0.3, -0.25) is 14.2 Å². The van der Waals surface area contributed by atoms with Crippen molar-refractivity contribution in [3.8, 4) is 17.2 Å². The van der Waals surface area contributed by atoms with Crippen molar-refractivity contribution in [3.05, 3.63) is 101 Å². The zero-order chi connectivity index (χ0) is 26.5. The Morgan fingerprint density at radius 1 is 0.947 bits per heavy atom. The lowest BCUT2D eigenvalue weighted by atomic mass is 10.0. The van der Waals surface area contributed by atoms with Crippen molar-refractivity contribution in [3.63, 3.8) is 0 Å². The lowest BCUT2D eigenvalue weighted by Crippen LogP contribution is -2.24. The molecule has 190 valence electrons. The van der Waals surface area contributed by atoms with Crippen LogP contribution < -0.4 is 20.5 Å². The summed E-state index contributed by atoms with van der Waals surface area (Å²) in [6.07, 6.45) is 1.57. The fraction of sp³-hybridized carbons (Fsp3) is 0.103. The number of amides is 1. The highest BCUT2D eigenvalue weighted by molar-refractivity contribution is 7.99. The zero-order valence-electron chi connectivity index (χ0n) is 20.8. The van der Waals surface area contributed by atoms with Gasteiger partial charge in [0.2, 0.25) is 0 Å². The smallest absolute Gasteiger partial charge is 0.266 e. The highest BCUT2D eigenvalue weighted by Crippen LogP contribution is 2.26. The molecule has 1 N–H and O–H groups in total. The minimum Gasteiger partial charge on any atom is -0.497 e. The number of hydrogen-bond donors (Lipinski definition) is 1. The predicted molar refractivity (Wildman–Crippen MR) is 151 cm³/mol. The molecule has 0 bridgehead atoms. The molecule has 1 heterocycles. The molecule has 0 unspecified atom stereocenters. The number of thioether (sulfide) groups is 1. The molecule has 0 saturated heterocycles. The standard InChI is InChI=1S/C29H24N4O4S/c1-36-21-14-12-20(13-15-21)33-28(35)23-9-5-6-10-25(23)31-29(33)38-18-27(34)32-30-17-24-22-8-4-3-7-19(22)11-16-26(24)37-2/h3-17H,18H2,1-2H3,(H,32,34)/b30-17-. The van der Waals surface area contributed by atoms with Crippen LogP contribution in [0, 0.1) is 0 Å². The van der Waals surface area contributed by atoms with Gasteiger partial charge in [0.15, 0.2) is 5.16 Å². The molecule has 4 aromatic carbocycles.